The van der Waals surface area contributed by atoms with E-state index in [1.165, 1.54) is 5.56 Å². The summed E-state index contributed by atoms with van der Waals surface area (Å²) in [5, 5.41) is 0. The maximum absolute atomic E-state index is 6.27. The molecule has 2 nitrogen and oxygen atoms in total. The summed E-state index contributed by atoms with van der Waals surface area (Å²) in [4.78, 5) is 0. The van der Waals surface area contributed by atoms with Crippen molar-refractivity contribution in [1.82, 2.24) is 0 Å². The van der Waals surface area contributed by atoms with Gasteiger partial charge in [-0.05, 0) is 36.0 Å². The van der Waals surface area contributed by atoms with Crippen molar-refractivity contribution in [3.63, 3.8) is 0 Å². The second-order valence-corrected chi connectivity index (χ2v) is 7.17. The summed E-state index contributed by atoms with van der Waals surface area (Å²) in [5.41, 5.74) is 7.88. The Hall–Kier alpha value is -1.02. The van der Waals surface area contributed by atoms with Gasteiger partial charge in [-0.1, -0.05) is 46.8 Å². The van der Waals surface area contributed by atoms with Crippen LogP contribution in [-0.2, 0) is 5.41 Å². The maximum atomic E-state index is 6.27. The molecule has 0 aromatic heterocycles. The van der Waals surface area contributed by atoms with Gasteiger partial charge < -0.3 is 10.5 Å². The van der Waals surface area contributed by atoms with E-state index in [2.05, 4.69) is 58.9 Å². The van der Waals surface area contributed by atoms with Gasteiger partial charge in [0.1, 0.15) is 11.9 Å². The lowest BCUT2D eigenvalue weighted by Gasteiger charge is -2.53. The van der Waals surface area contributed by atoms with Gasteiger partial charge in [0.15, 0.2) is 0 Å². The highest BCUT2D eigenvalue weighted by Gasteiger charge is 2.52. The van der Waals surface area contributed by atoms with E-state index in [-0.39, 0.29) is 23.0 Å². The first-order valence-electron chi connectivity index (χ1n) is 7.86. The quantitative estimate of drug-likeness (QED) is 0.890. The molecule has 0 aliphatic heterocycles. The second kappa shape index (κ2) is 5.40. The zero-order valence-electron chi connectivity index (χ0n) is 13.6. The number of hydrogen-bond donors (Lipinski definition) is 1. The highest BCUT2D eigenvalue weighted by molar-refractivity contribution is 5.33. The third-order valence-corrected chi connectivity index (χ3v) is 5.14. The molecule has 2 N–H and O–H groups in total. The molecule has 1 saturated carbocycles. The van der Waals surface area contributed by atoms with E-state index in [1.807, 2.05) is 0 Å². The molecule has 2 rings (SSSR count). The first kappa shape index (κ1) is 15.4. The van der Waals surface area contributed by atoms with Crippen LogP contribution in [0.15, 0.2) is 24.3 Å². The van der Waals surface area contributed by atoms with Crippen LogP contribution in [0, 0.1) is 5.41 Å². The molecule has 112 valence electrons. The molecule has 20 heavy (non-hydrogen) atoms. The molecule has 1 aliphatic carbocycles. The molecule has 0 bridgehead atoms. The summed E-state index contributed by atoms with van der Waals surface area (Å²) in [5.74, 6) is 0.987. The molecule has 1 aliphatic rings. The van der Waals surface area contributed by atoms with E-state index in [4.69, 9.17) is 10.5 Å². The van der Waals surface area contributed by atoms with E-state index in [0.717, 1.165) is 25.0 Å². The van der Waals surface area contributed by atoms with Gasteiger partial charge in [-0.25, -0.2) is 0 Å². The Bertz CT molecular complexity index is 457. The van der Waals surface area contributed by atoms with Crippen molar-refractivity contribution >= 4 is 0 Å². The fraction of sp³-hybridized carbons (Fsp3) is 0.667. The van der Waals surface area contributed by atoms with Crippen molar-refractivity contribution in [3.05, 3.63) is 29.8 Å². The average molecular weight is 275 g/mol. The van der Waals surface area contributed by atoms with Crippen LogP contribution in [0.1, 0.15) is 59.4 Å². The van der Waals surface area contributed by atoms with Gasteiger partial charge in [0.2, 0.25) is 0 Å². The van der Waals surface area contributed by atoms with Crippen LogP contribution < -0.4 is 10.5 Å². The topological polar surface area (TPSA) is 35.2 Å². The summed E-state index contributed by atoms with van der Waals surface area (Å²) < 4.78 is 6.27. The number of nitrogens with two attached hydrogens (primary N) is 1. The lowest BCUT2D eigenvalue weighted by atomic mass is 9.59. The lowest BCUT2D eigenvalue weighted by molar-refractivity contribution is -0.0722. The van der Waals surface area contributed by atoms with Crippen molar-refractivity contribution in [1.29, 1.82) is 0 Å². The van der Waals surface area contributed by atoms with Gasteiger partial charge in [0, 0.05) is 17.9 Å². The summed E-state index contributed by atoms with van der Waals surface area (Å²) in [6.45, 7) is 11.1. The molecule has 0 amide bonds. The number of hydrogen-bond acceptors (Lipinski definition) is 2. The predicted octanol–water partition coefficient (Wildman–Crippen LogP) is 4.27. The second-order valence-electron chi connectivity index (χ2n) is 7.17. The summed E-state index contributed by atoms with van der Waals surface area (Å²) in [7, 11) is 0. The minimum absolute atomic E-state index is 0.155. The monoisotopic (exact) mass is 275 g/mol. The highest BCUT2D eigenvalue weighted by atomic mass is 16.5. The first-order valence-corrected chi connectivity index (χ1v) is 7.86. The van der Waals surface area contributed by atoms with E-state index >= 15 is 0 Å². The van der Waals surface area contributed by atoms with Crippen molar-refractivity contribution in [2.24, 2.45) is 11.1 Å². The Morgan fingerprint density at radius 1 is 1.25 bits per heavy atom. The van der Waals surface area contributed by atoms with Gasteiger partial charge in [0.25, 0.3) is 0 Å². The molecule has 1 aromatic carbocycles. The SMILES string of the molecule is CCC1(CC)C(N)CC1Oc1cccc(C(C)(C)C)c1. The fourth-order valence-electron chi connectivity index (χ4n) is 3.37. The molecule has 0 heterocycles. The van der Waals surface area contributed by atoms with Gasteiger partial charge >= 0.3 is 0 Å². The fourth-order valence-corrected chi connectivity index (χ4v) is 3.37. The van der Waals surface area contributed by atoms with Gasteiger partial charge in [-0.2, -0.15) is 0 Å². The molecule has 1 fully saturated rings. The van der Waals surface area contributed by atoms with E-state index < -0.39 is 0 Å². The largest absolute Gasteiger partial charge is 0.490 e. The van der Waals surface area contributed by atoms with Crippen LogP contribution >= 0.6 is 0 Å². The van der Waals surface area contributed by atoms with Gasteiger partial charge in [-0.3, -0.25) is 0 Å². The molecule has 2 heteroatoms. The average Bonchev–Trinajstić information content (AvgIpc) is 2.39. The molecule has 0 radical (unpaired) electrons. The van der Waals surface area contributed by atoms with Gasteiger partial charge in [-0.15, -0.1) is 0 Å². The van der Waals surface area contributed by atoms with Crippen molar-refractivity contribution in [2.75, 3.05) is 0 Å². The summed E-state index contributed by atoms with van der Waals surface area (Å²) in [6, 6.07) is 8.79. The standard InChI is InChI=1S/C18H29NO/c1-6-18(7-2)15(19)12-16(18)20-14-10-8-9-13(11-14)17(3,4)5/h8-11,15-16H,6-7,12,19H2,1-5H3. The van der Waals surface area contributed by atoms with Crippen LogP contribution in [0.25, 0.3) is 0 Å². The lowest BCUT2D eigenvalue weighted by Crippen LogP contribution is -2.62. The smallest absolute Gasteiger partial charge is 0.120 e. The maximum Gasteiger partial charge on any atom is 0.120 e. The number of ether oxygens (including phenoxy) is 1. The van der Waals surface area contributed by atoms with E-state index in [1.54, 1.807) is 0 Å². The minimum Gasteiger partial charge on any atom is -0.490 e. The van der Waals surface area contributed by atoms with Gasteiger partial charge in [0.05, 0.1) is 0 Å². The molecule has 1 aromatic rings. The van der Waals surface area contributed by atoms with Crippen LogP contribution in [0.2, 0.25) is 0 Å². The zero-order chi connectivity index (χ0) is 15.0. The van der Waals surface area contributed by atoms with Crippen LogP contribution in [0.3, 0.4) is 0 Å². The first-order chi connectivity index (χ1) is 9.33. The molecule has 0 spiro atoms. The predicted molar refractivity (Wildman–Crippen MR) is 85.2 cm³/mol. The molecule has 0 saturated heterocycles. The Labute approximate surface area is 123 Å². The Balaban J connectivity index is 2.15. The molecule has 2 atom stereocenters. The Morgan fingerprint density at radius 2 is 1.90 bits per heavy atom. The Kier molecular flexibility index (Phi) is 4.15. The summed E-state index contributed by atoms with van der Waals surface area (Å²) >= 11 is 0. The molecular weight excluding hydrogens is 246 g/mol. The van der Waals surface area contributed by atoms with Crippen LogP contribution in [0.5, 0.6) is 5.75 Å². The third kappa shape index (κ3) is 2.58. The normalized spacial score (nSPS) is 25.1. The van der Waals surface area contributed by atoms with Crippen LogP contribution in [0.4, 0.5) is 0 Å². The van der Waals surface area contributed by atoms with Crippen LogP contribution in [-0.4, -0.2) is 12.1 Å². The number of rotatable bonds is 4. The molecular formula is C18H29NO. The van der Waals surface area contributed by atoms with E-state index in [9.17, 15) is 0 Å². The molecule has 2 unspecified atom stereocenters. The Morgan fingerprint density at radius 3 is 2.40 bits per heavy atom. The minimum atomic E-state index is 0.155. The number of benzene rings is 1. The highest BCUT2D eigenvalue weighted by Crippen LogP contribution is 2.48. The summed E-state index contributed by atoms with van der Waals surface area (Å²) in [6.07, 6.45) is 3.42. The zero-order valence-corrected chi connectivity index (χ0v) is 13.6. The van der Waals surface area contributed by atoms with E-state index in [0.29, 0.717) is 0 Å². The van der Waals surface area contributed by atoms with Crippen molar-refractivity contribution < 1.29 is 4.74 Å². The van der Waals surface area contributed by atoms with Crippen molar-refractivity contribution in [3.8, 4) is 5.75 Å². The van der Waals surface area contributed by atoms with Crippen molar-refractivity contribution in [2.45, 2.75) is 71.4 Å². The third-order valence-electron chi connectivity index (χ3n) is 5.14.